The summed E-state index contributed by atoms with van der Waals surface area (Å²) in [6.07, 6.45) is 14.3. The summed E-state index contributed by atoms with van der Waals surface area (Å²) >= 11 is 0. The fourth-order valence-corrected chi connectivity index (χ4v) is 8.36. The van der Waals surface area contributed by atoms with E-state index in [9.17, 15) is 0 Å². The highest BCUT2D eigenvalue weighted by Crippen LogP contribution is 2.58. The molecule has 3 rings (SSSR count). The second-order valence-electron chi connectivity index (χ2n) is 14.1. The van der Waals surface area contributed by atoms with Gasteiger partial charge >= 0.3 is 8.60 Å². The molecule has 200 valence electrons. The Balaban J connectivity index is 1.68. The highest BCUT2D eigenvalue weighted by Gasteiger charge is 2.44. The molecule has 34 heavy (non-hydrogen) atoms. The van der Waals surface area contributed by atoms with Crippen LogP contribution in [0.15, 0.2) is 0 Å². The van der Waals surface area contributed by atoms with Gasteiger partial charge in [-0.1, -0.05) is 41.5 Å². The average molecular weight is 497 g/mol. The summed E-state index contributed by atoms with van der Waals surface area (Å²) in [6, 6.07) is 0. The summed E-state index contributed by atoms with van der Waals surface area (Å²) in [5.74, 6) is 4.79. The van der Waals surface area contributed by atoms with E-state index in [2.05, 4.69) is 62.3 Å². The van der Waals surface area contributed by atoms with Crippen LogP contribution in [0.25, 0.3) is 0 Å². The Labute approximate surface area is 213 Å². The Morgan fingerprint density at radius 1 is 0.471 bits per heavy atom. The van der Waals surface area contributed by atoms with Crippen molar-refractivity contribution in [2.45, 2.75) is 156 Å². The van der Waals surface area contributed by atoms with Crippen LogP contribution >= 0.6 is 8.60 Å². The molecule has 0 amide bonds. The van der Waals surface area contributed by atoms with Crippen molar-refractivity contribution < 1.29 is 13.6 Å². The Morgan fingerprint density at radius 2 is 0.676 bits per heavy atom. The third-order valence-electron chi connectivity index (χ3n) is 9.98. The Kier molecular flexibility index (Phi) is 10.0. The van der Waals surface area contributed by atoms with Gasteiger partial charge in [0, 0.05) is 0 Å². The lowest BCUT2D eigenvalue weighted by molar-refractivity contribution is -0.0694. The van der Waals surface area contributed by atoms with Crippen molar-refractivity contribution in [1.29, 1.82) is 0 Å². The topological polar surface area (TPSA) is 27.7 Å². The van der Waals surface area contributed by atoms with E-state index in [-0.39, 0.29) is 16.8 Å². The van der Waals surface area contributed by atoms with Crippen molar-refractivity contribution in [1.82, 2.24) is 0 Å². The SMILES string of the molecule is CC(C)C1CCC(C)(OP(OC2(C)CCC(C(C)C)CC2)OC2(C)CCC(C(C)C)CC2)CC1. The highest BCUT2D eigenvalue weighted by molar-refractivity contribution is 7.41. The zero-order valence-electron chi connectivity index (χ0n) is 24.1. The quantitative estimate of drug-likeness (QED) is 0.297. The largest absolute Gasteiger partial charge is 0.334 e. The van der Waals surface area contributed by atoms with Gasteiger partial charge in [-0.25, -0.2) is 0 Å². The fourth-order valence-electron chi connectivity index (χ4n) is 6.62. The summed E-state index contributed by atoms with van der Waals surface area (Å²) < 4.78 is 20.7. The maximum absolute atomic E-state index is 6.91. The molecule has 3 saturated carbocycles. The summed E-state index contributed by atoms with van der Waals surface area (Å²) in [7, 11) is -1.36. The van der Waals surface area contributed by atoms with Gasteiger partial charge in [-0.2, -0.15) is 0 Å². The monoisotopic (exact) mass is 496 g/mol. The first kappa shape index (κ1) is 28.9. The van der Waals surface area contributed by atoms with Crippen LogP contribution in [0.2, 0.25) is 0 Å². The predicted octanol–water partition coefficient (Wildman–Crippen LogP) is 10.1. The number of hydrogen-bond acceptors (Lipinski definition) is 3. The van der Waals surface area contributed by atoms with Crippen molar-refractivity contribution in [3.8, 4) is 0 Å². The molecule has 3 nitrogen and oxygen atoms in total. The molecule has 0 atom stereocenters. The van der Waals surface area contributed by atoms with Crippen molar-refractivity contribution in [3.05, 3.63) is 0 Å². The third-order valence-corrected chi connectivity index (χ3v) is 11.7. The van der Waals surface area contributed by atoms with Gasteiger partial charge in [0.05, 0.1) is 16.8 Å². The van der Waals surface area contributed by atoms with Gasteiger partial charge in [-0.05, 0) is 133 Å². The second-order valence-corrected chi connectivity index (χ2v) is 15.1. The standard InChI is InChI=1S/C30H57O3P/c1-22(2)25-10-16-28(7,17-11-25)31-34(32-29(8)18-12-26(13-19-29)23(3)4)33-30(9)20-14-27(15-21-30)24(5)6/h22-27H,10-21H2,1-9H3. The number of rotatable bonds is 9. The molecular weight excluding hydrogens is 439 g/mol. The van der Waals surface area contributed by atoms with E-state index in [1.807, 2.05) is 0 Å². The van der Waals surface area contributed by atoms with Crippen LogP contribution < -0.4 is 0 Å². The minimum Gasteiger partial charge on any atom is -0.306 e. The molecule has 0 N–H and O–H groups in total. The molecule has 0 aromatic rings. The molecule has 4 heteroatoms. The highest BCUT2D eigenvalue weighted by atomic mass is 31.2. The van der Waals surface area contributed by atoms with E-state index in [1.54, 1.807) is 0 Å². The van der Waals surface area contributed by atoms with Gasteiger partial charge in [-0.3, -0.25) is 0 Å². The summed E-state index contributed by atoms with van der Waals surface area (Å²) in [6.45, 7) is 21.2. The zero-order valence-corrected chi connectivity index (χ0v) is 25.0. The van der Waals surface area contributed by atoms with Gasteiger partial charge in [0.25, 0.3) is 0 Å². The van der Waals surface area contributed by atoms with E-state index in [0.29, 0.717) is 0 Å². The first-order valence-corrected chi connectivity index (χ1v) is 15.8. The molecule has 0 spiro atoms. The van der Waals surface area contributed by atoms with Crippen molar-refractivity contribution in [2.75, 3.05) is 0 Å². The minimum atomic E-state index is -1.36. The smallest absolute Gasteiger partial charge is 0.306 e. The van der Waals surface area contributed by atoms with Crippen LogP contribution in [-0.4, -0.2) is 16.8 Å². The molecule has 0 bridgehead atoms. The number of hydrogen-bond donors (Lipinski definition) is 0. The van der Waals surface area contributed by atoms with Crippen LogP contribution in [0.5, 0.6) is 0 Å². The zero-order chi connectivity index (χ0) is 25.1. The molecule has 0 heterocycles. The van der Waals surface area contributed by atoms with Crippen LogP contribution in [0.4, 0.5) is 0 Å². The van der Waals surface area contributed by atoms with E-state index in [0.717, 1.165) is 74.0 Å². The fraction of sp³-hybridized carbons (Fsp3) is 1.00. The van der Waals surface area contributed by atoms with Gasteiger partial charge < -0.3 is 13.6 Å². The molecule has 3 aliphatic carbocycles. The van der Waals surface area contributed by atoms with Crippen LogP contribution in [0, 0.1) is 35.5 Å². The molecule has 3 fully saturated rings. The maximum atomic E-state index is 6.91. The lowest BCUT2D eigenvalue weighted by Crippen LogP contribution is -2.40. The first-order chi connectivity index (χ1) is 15.8. The lowest BCUT2D eigenvalue weighted by Gasteiger charge is -2.46. The first-order valence-electron chi connectivity index (χ1n) is 14.7. The predicted molar refractivity (Wildman–Crippen MR) is 146 cm³/mol. The Hall–Kier alpha value is 0.310. The maximum Gasteiger partial charge on any atom is 0.334 e. The Morgan fingerprint density at radius 3 is 0.853 bits per heavy atom. The molecule has 0 aromatic carbocycles. The molecule has 0 radical (unpaired) electrons. The second kappa shape index (κ2) is 11.8. The average Bonchev–Trinajstić information content (AvgIpc) is 2.73. The van der Waals surface area contributed by atoms with Crippen molar-refractivity contribution in [2.24, 2.45) is 35.5 Å². The van der Waals surface area contributed by atoms with Crippen LogP contribution in [-0.2, 0) is 13.6 Å². The van der Waals surface area contributed by atoms with E-state index in [4.69, 9.17) is 13.6 Å². The minimum absolute atomic E-state index is 0.117. The van der Waals surface area contributed by atoms with E-state index >= 15 is 0 Å². The third kappa shape index (κ3) is 7.90. The molecule has 0 saturated heterocycles. The van der Waals surface area contributed by atoms with E-state index in [1.165, 1.54) is 38.5 Å². The molecule has 0 unspecified atom stereocenters. The van der Waals surface area contributed by atoms with Gasteiger partial charge in [0.1, 0.15) is 0 Å². The summed E-state index contributed by atoms with van der Waals surface area (Å²) in [5, 5.41) is 0. The van der Waals surface area contributed by atoms with Crippen molar-refractivity contribution in [3.63, 3.8) is 0 Å². The molecule has 0 aromatic heterocycles. The van der Waals surface area contributed by atoms with Crippen LogP contribution in [0.3, 0.4) is 0 Å². The van der Waals surface area contributed by atoms with Crippen molar-refractivity contribution >= 4 is 8.60 Å². The molecular formula is C30H57O3P. The summed E-state index contributed by atoms with van der Waals surface area (Å²) in [4.78, 5) is 0. The van der Waals surface area contributed by atoms with Crippen LogP contribution in [0.1, 0.15) is 139 Å². The Bertz CT molecular complexity index is 521. The van der Waals surface area contributed by atoms with Gasteiger partial charge in [-0.15, -0.1) is 0 Å². The molecule has 0 aliphatic heterocycles. The molecule has 3 aliphatic rings. The van der Waals surface area contributed by atoms with E-state index < -0.39 is 8.60 Å². The normalized spacial score (nSPS) is 40.8. The van der Waals surface area contributed by atoms with Gasteiger partial charge in [0.2, 0.25) is 0 Å². The van der Waals surface area contributed by atoms with Gasteiger partial charge in [0.15, 0.2) is 0 Å². The summed E-state index contributed by atoms with van der Waals surface area (Å²) in [5.41, 5.74) is -0.351. The lowest BCUT2D eigenvalue weighted by atomic mass is 9.75.